The molecule has 1 aliphatic rings. The molecule has 2 heterocycles. The minimum Gasteiger partial charge on any atom is -0.324 e. The molecule has 0 unspecified atom stereocenters. The minimum absolute atomic E-state index is 0.165. The zero-order valence-electron chi connectivity index (χ0n) is 13.7. The van der Waals surface area contributed by atoms with Gasteiger partial charge in [-0.25, -0.2) is 9.48 Å². The van der Waals surface area contributed by atoms with Crippen LogP contribution >= 0.6 is 11.8 Å². The van der Waals surface area contributed by atoms with Gasteiger partial charge >= 0.3 is 6.03 Å². The molecule has 0 saturated carbocycles. The molecule has 1 aromatic heterocycles. The Labute approximate surface area is 145 Å². The van der Waals surface area contributed by atoms with Crippen LogP contribution in [0.3, 0.4) is 0 Å². The number of carbonyl (C=O) groups is 2. The fraction of sp³-hybridized carbons (Fsp3) is 0.353. The lowest BCUT2D eigenvalue weighted by molar-refractivity contribution is -0.130. The lowest BCUT2D eigenvalue weighted by Crippen LogP contribution is -2.40. The van der Waals surface area contributed by atoms with Crippen molar-refractivity contribution in [3.05, 3.63) is 48.3 Å². The Morgan fingerprint density at radius 3 is 2.58 bits per heavy atom. The number of thioether (sulfide) groups is 1. The number of amides is 3. The molecule has 0 bridgehead atoms. The van der Waals surface area contributed by atoms with Crippen LogP contribution in [0.1, 0.15) is 19.5 Å². The van der Waals surface area contributed by atoms with Gasteiger partial charge in [0, 0.05) is 24.2 Å². The van der Waals surface area contributed by atoms with Crippen LogP contribution in [0, 0.1) is 0 Å². The summed E-state index contributed by atoms with van der Waals surface area (Å²) in [5.41, 5.74) is 1.20. The summed E-state index contributed by atoms with van der Waals surface area (Å²) in [6, 6.07) is 11.6. The smallest absolute Gasteiger partial charge is 0.324 e. The van der Waals surface area contributed by atoms with E-state index < -0.39 is 5.54 Å². The fourth-order valence-electron chi connectivity index (χ4n) is 2.52. The van der Waals surface area contributed by atoms with Crippen LogP contribution in [-0.2, 0) is 10.5 Å². The Morgan fingerprint density at radius 1 is 1.17 bits per heavy atom. The van der Waals surface area contributed by atoms with E-state index in [4.69, 9.17) is 0 Å². The minimum atomic E-state index is -0.795. The van der Waals surface area contributed by atoms with Crippen LogP contribution in [-0.4, -0.2) is 44.5 Å². The van der Waals surface area contributed by atoms with Gasteiger partial charge in [0.05, 0.1) is 11.4 Å². The molecule has 0 atom stereocenters. The van der Waals surface area contributed by atoms with Crippen molar-refractivity contribution >= 4 is 23.7 Å². The van der Waals surface area contributed by atoms with Crippen LogP contribution in [0.2, 0.25) is 0 Å². The maximum absolute atomic E-state index is 12.1. The molecule has 7 heteroatoms. The highest BCUT2D eigenvalue weighted by Gasteiger charge is 2.43. The molecule has 1 aliphatic heterocycles. The highest BCUT2D eigenvalue weighted by atomic mass is 32.2. The molecule has 6 nitrogen and oxygen atoms in total. The summed E-state index contributed by atoms with van der Waals surface area (Å²) in [7, 11) is 0. The number of hydrogen-bond donors (Lipinski definition) is 1. The number of benzene rings is 1. The second-order valence-electron chi connectivity index (χ2n) is 6.15. The molecule has 3 rings (SSSR count). The summed E-state index contributed by atoms with van der Waals surface area (Å²) < 4.78 is 1.84. The van der Waals surface area contributed by atoms with Crippen molar-refractivity contribution in [3.63, 3.8) is 0 Å². The normalized spacial score (nSPS) is 16.5. The van der Waals surface area contributed by atoms with Crippen molar-refractivity contribution in [2.24, 2.45) is 0 Å². The van der Waals surface area contributed by atoms with E-state index in [1.165, 1.54) is 4.90 Å². The van der Waals surface area contributed by atoms with Crippen molar-refractivity contribution in [2.75, 3.05) is 12.3 Å². The second-order valence-corrected chi connectivity index (χ2v) is 7.26. The molecule has 0 radical (unpaired) electrons. The van der Waals surface area contributed by atoms with Gasteiger partial charge in [0.25, 0.3) is 5.91 Å². The summed E-state index contributed by atoms with van der Waals surface area (Å²) in [6.07, 6.45) is 1.94. The first-order valence-corrected chi connectivity index (χ1v) is 8.95. The van der Waals surface area contributed by atoms with Gasteiger partial charge in [-0.05, 0) is 32.0 Å². The summed E-state index contributed by atoms with van der Waals surface area (Å²) >= 11 is 1.66. The number of para-hydroxylation sites is 1. The van der Waals surface area contributed by atoms with Crippen molar-refractivity contribution in [1.29, 1.82) is 0 Å². The van der Waals surface area contributed by atoms with E-state index in [9.17, 15) is 9.59 Å². The van der Waals surface area contributed by atoms with Gasteiger partial charge < -0.3 is 5.32 Å². The number of nitrogens with zero attached hydrogens (tertiary/aromatic N) is 3. The Morgan fingerprint density at radius 2 is 1.92 bits per heavy atom. The van der Waals surface area contributed by atoms with Gasteiger partial charge in [0.2, 0.25) is 0 Å². The quantitative estimate of drug-likeness (QED) is 0.646. The predicted molar refractivity (Wildman–Crippen MR) is 94.0 cm³/mol. The Bertz CT molecular complexity index is 742. The van der Waals surface area contributed by atoms with Crippen molar-refractivity contribution < 1.29 is 9.59 Å². The van der Waals surface area contributed by atoms with Crippen LogP contribution < -0.4 is 5.32 Å². The molecule has 24 heavy (non-hydrogen) atoms. The number of hydrogen-bond acceptors (Lipinski definition) is 4. The standard InChI is InChI=1S/C17H20N4O2S/c1-17(2)15(22)20(16(23)18-17)10-11-24-12-13-8-9-21(19-13)14-6-4-3-5-7-14/h3-9H,10-12H2,1-2H3,(H,18,23). The molecule has 1 aromatic carbocycles. The van der Waals surface area contributed by atoms with Crippen LogP contribution in [0.15, 0.2) is 42.6 Å². The molecule has 2 aromatic rings. The maximum atomic E-state index is 12.1. The third-order valence-corrected chi connectivity index (χ3v) is 4.79. The second kappa shape index (κ2) is 6.68. The highest BCUT2D eigenvalue weighted by molar-refractivity contribution is 7.98. The van der Waals surface area contributed by atoms with Gasteiger partial charge in [0.1, 0.15) is 5.54 Å². The lowest BCUT2D eigenvalue weighted by Gasteiger charge is -2.15. The molecule has 0 spiro atoms. The Balaban J connectivity index is 1.49. The third kappa shape index (κ3) is 3.46. The maximum Gasteiger partial charge on any atom is 0.325 e. The van der Waals surface area contributed by atoms with Gasteiger partial charge in [-0.15, -0.1) is 0 Å². The molecule has 126 valence electrons. The zero-order chi connectivity index (χ0) is 17.2. The Kier molecular flexibility index (Phi) is 4.62. The number of aromatic nitrogens is 2. The molecular weight excluding hydrogens is 324 g/mol. The Hall–Kier alpha value is -2.28. The van der Waals surface area contributed by atoms with Crippen molar-refractivity contribution in [3.8, 4) is 5.69 Å². The molecule has 1 saturated heterocycles. The van der Waals surface area contributed by atoms with Gasteiger partial charge in [-0.1, -0.05) is 18.2 Å². The third-order valence-electron chi connectivity index (χ3n) is 3.82. The van der Waals surface area contributed by atoms with Gasteiger partial charge in [-0.2, -0.15) is 16.9 Å². The molecule has 0 aliphatic carbocycles. The van der Waals surface area contributed by atoms with E-state index in [2.05, 4.69) is 10.4 Å². The predicted octanol–water partition coefficient (Wildman–Crippen LogP) is 2.44. The SMILES string of the molecule is CC1(C)NC(=O)N(CCSCc2ccn(-c3ccccc3)n2)C1=O. The average Bonchev–Trinajstić information content (AvgIpc) is 3.10. The van der Waals surface area contributed by atoms with E-state index in [-0.39, 0.29) is 11.9 Å². The van der Waals surface area contributed by atoms with Crippen molar-refractivity contribution in [2.45, 2.75) is 25.1 Å². The van der Waals surface area contributed by atoms with E-state index in [0.717, 1.165) is 17.1 Å². The van der Waals surface area contributed by atoms with Crippen LogP contribution in [0.25, 0.3) is 5.69 Å². The summed E-state index contributed by atoms with van der Waals surface area (Å²) in [4.78, 5) is 25.2. The first-order valence-electron chi connectivity index (χ1n) is 7.79. The zero-order valence-corrected chi connectivity index (χ0v) is 14.5. The average molecular weight is 344 g/mol. The monoisotopic (exact) mass is 344 g/mol. The summed E-state index contributed by atoms with van der Waals surface area (Å²) in [5, 5.41) is 7.22. The number of nitrogens with one attached hydrogen (secondary N) is 1. The van der Waals surface area contributed by atoms with Crippen LogP contribution in [0.5, 0.6) is 0 Å². The summed E-state index contributed by atoms with van der Waals surface area (Å²) in [6.45, 7) is 3.85. The number of carbonyl (C=O) groups excluding carboxylic acids is 2. The van der Waals surface area contributed by atoms with E-state index in [1.807, 2.05) is 47.3 Å². The number of urea groups is 1. The molecule has 3 amide bonds. The number of imide groups is 1. The fourth-order valence-corrected chi connectivity index (χ4v) is 3.34. The molecule has 1 fully saturated rings. The van der Waals surface area contributed by atoms with E-state index in [0.29, 0.717) is 12.3 Å². The van der Waals surface area contributed by atoms with E-state index in [1.54, 1.807) is 25.6 Å². The largest absolute Gasteiger partial charge is 0.325 e. The van der Waals surface area contributed by atoms with Crippen LogP contribution in [0.4, 0.5) is 4.79 Å². The highest BCUT2D eigenvalue weighted by Crippen LogP contribution is 2.18. The topological polar surface area (TPSA) is 67.2 Å². The molecular formula is C17H20N4O2S. The van der Waals surface area contributed by atoms with Gasteiger partial charge in [-0.3, -0.25) is 9.69 Å². The first kappa shape index (κ1) is 16.6. The van der Waals surface area contributed by atoms with E-state index >= 15 is 0 Å². The summed E-state index contributed by atoms with van der Waals surface area (Å²) in [5.74, 6) is 1.27. The van der Waals surface area contributed by atoms with Crippen molar-refractivity contribution in [1.82, 2.24) is 20.0 Å². The molecule has 1 N–H and O–H groups in total. The lowest BCUT2D eigenvalue weighted by atomic mass is 10.1. The van der Waals surface area contributed by atoms with Gasteiger partial charge in [0.15, 0.2) is 0 Å². The number of rotatable bonds is 6. The first-order chi connectivity index (χ1) is 11.5.